The first kappa shape index (κ1) is 9.75. The van der Waals surface area contributed by atoms with Crippen molar-refractivity contribution < 1.29 is 4.74 Å². The summed E-state index contributed by atoms with van der Waals surface area (Å²) in [5, 5.41) is 0. The van der Waals surface area contributed by atoms with Gasteiger partial charge in [0.05, 0.1) is 6.10 Å². The van der Waals surface area contributed by atoms with Crippen molar-refractivity contribution in [3.8, 4) is 0 Å². The van der Waals surface area contributed by atoms with Gasteiger partial charge in [0.15, 0.2) is 0 Å². The molecule has 70 valence electrons. The molecule has 0 amide bonds. The Morgan fingerprint density at radius 3 is 2.75 bits per heavy atom. The molecule has 0 saturated heterocycles. The molecule has 0 aliphatic heterocycles. The molecule has 2 unspecified atom stereocenters. The fraction of sp³-hybridized carbons (Fsp3) is 0.800. The number of ether oxygens (including phenoxy) is 1. The van der Waals surface area contributed by atoms with E-state index in [9.17, 15) is 0 Å². The third-order valence-corrected chi connectivity index (χ3v) is 2.48. The second-order valence-electron chi connectivity index (χ2n) is 3.57. The number of allylic oxidation sites excluding steroid dienone is 1. The maximum atomic E-state index is 5.98. The van der Waals surface area contributed by atoms with E-state index in [1.807, 2.05) is 6.08 Å². The lowest BCUT2D eigenvalue weighted by molar-refractivity contribution is 0.0605. The van der Waals surface area contributed by atoms with Crippen LogP contribution >= 0.6 is 0 Å². The van der Waals surface area contributed by atoms with Crippen LogP contribution in [0.15, 0.2) is 12.7 Å². The van der Waals surface area contributed by atoms with Crippen LogP contribution in [-0.2, 0) is 4.74 Å². The highest BCUT2D eigenvalue weighted by Crippen LogP contribution is 2.35. The first-order chi connectivity index (χ1) is 5.79. The summed E-state index contributed by atoms with van der Waals surface area (Å²) >= 11 is 0. The Labute approximate surface area is 74.8 Å². The lowest BCUT2D eigenvalue weighted by Crippen LogP contribution is -2.37. The van der Waals surface area contributed by atoms with Crippen LogP contribution in [0, 0.1) is 5.92 Å². The Morgan fingerprint density at radius 1 is 1.67 bits per heavy atom. The molecule has 0 aromatic heterocycles. The second kappa shape index (κ2) is 4.63. The fourth-order valence-corrected chi connectivity index (χ4v) is 1.62. The summed E-state index contributed by atoms with van der Waals surface area (Å²) in [6.45, 7) is 3.68. The van der Waals surface area contributed by atoms with Crippen molar-refractivity contribution in [3.63, 3.8) is 0 Å². The molecule has 1 aliphatic carbocycles. The van der Waals surface area contributed by atoms with E-state index in [4.69, 9.17) is 10.5 Å². The molecule has 2 N–H and O–H groups in total. The maximum Gasteiger partial charge on any atom is 0.0750 e. The molecule has 1 fully saturated rings. The SMILES string of the molecule is C=CCCC(N)C(OC)C1CC1. The quantitative estimate of drug-likeness (QED) is 0.614. The molecule has 0 spiro atoms. The summed E-state index contributed by atoms with van der Waals surface area (Å²) in [5.74, 6) is 0.731. The van der Waals surface area contributed by atoms with Crippen LogP contribution in [0.2, 0.25) is 0 Å². The zero-order valence-corrected chi connectivity index (χ0v) is 7.83. The predicted molar refractivity (Wildman–Crippen MR) is 50.9 cm³/mol. The van der Waals surface area contributed by atoms with Gasteiger partial charge in [0.2, 0.25) is 0 Å². The lowest BCUT2D eigenvalue weighted by Gasteiger charge is -2.21. The Hall–Kier alpha value is -0.340. The van der Waals surface area contributed by atoms with Crippen molar-refractivity contribution in [2.45, 2.75) is 37.8 Å². The highest BCUT2D eigenvalue weighted by Gasteiger charge is 2.34. The molecule has 1 aliphatic rings. The maximum absolute atomic E-state index is 5.98. The molecule has 12 heavy (non-hydrogen) atoms. The molecule has 2 atom stereocenters. The Kier molecular flexibility index (Phi) is 3.76. The molecule has 0 radical (unpaired) electrons. The van der Waals surface area contributed by atoms with Gasteiger partial charge in [-0.1, -0.05) is 6.08 Å². The minimum Gasteiger partial charge on any atom is -0.380 e. The van der Waals surface area contributed by atoms with Crippen molar-refractivity contribution in [2.75, 3.05) is 7.11 Å². The molecule has 1 rings (SSSR count). The molecule has 0 aromatic rings. The van der Waals surface area contributed by atoms with E-state index in [1.165, 1.54) is 12.8 Å². The fourth-order valence-electron chi connectivity index (χ4n) is 1.62. The van der Waals surface area contributed by atoms with E-state index in [2.05, 4.69) is 6.58 Å². The first-order valence-corrected chi connectivity index (χ1v) is 4.69. The van der Waals surface area contributed by atoms with Crippen LogP contribution in [0.1, 0.15) is 25.7 Å². The van der Waals surface area contributed by atoms with Crippen LogP contribution < -0.4 is 5.73 Å². The number of hydrogen-bond donors (Lipinski definition) is 1. The van der Waals surface area contributed by atoms with E-state index in [0.29, 0.717) is 0 Å². The van der Waals surface area contributed by atoms with Gasteiger partial charge in [-0.05, 0) is 31.6 Å². The topological polar surface area (TPSA) is 35.2 Å². The van der Waals surface area contributed by atoms with Crippen molar-refractivity contribution in [2.24, 2.45) is 11.7 Å². The predicted octanol–water partition coefficient (Wildman–Crippen LogP) is 1.70. The minimum absolute atomic E-state index is 0.195. The minimum atomic E-state index is 0.195. The number of nitrogens with two attached hydrogens (primary N) is 1. The van der Waals surface area contributed by atoms with Crippen LogP contribution in [0.25, 0.3) is 0 Å². The van der Waals surface area contributed by atoms with Gasteiger partial charge in [0.25, 0.3) is 0 Å². The van der Waals surface area contributed by atoms with Crippen molar-refractivity contribution in [1.82, 2.24) is 0 Å². The Balaban J connectivity index is 2.25. The number of rotatable bonds is 6. The van der Waals surface area contributed by atoms with Crippen molar-refractivity contribution in [3.05, 3.63) is 12.7 Å². The summed E-state index contributed by atoms with van der Waals surface area (Å²) in [7, 11) is 1.76. The largest absolute Gasteiger partial charge is 0.380 e. The van der Waals surface area contributed by atoms with Gasteiger partial charge in [0, 0.05) is 13.2 Å². The number of hydrogen-bond acceptors (Lipinski definition) is 2. The summed E-state index contributed by atoms with van der Waals surface area (Å²) in [6, 6.07) is 0.195. The van der Waals surface area contributed by atoms with Gasteiger partial charge < -0.3 is 10.5 Å². The average molecular weight is 169 g/mol. The van der Waals surface area contributed by atoms with Gasteiger partial charge in [-0.15, -0.1) is 6.58 Å². The van der Waals surface area contributed by atoms with Crippen molar-refractivity contribution in [1.29, 1.82) is 0 Å². The Morgan fingerprint density at radius 2 is 2.33 bits per heavy atom. The highest BCUT2D eigenvalue weighted by atomic mass is 16.5. The molecule has 1 saturated carbocycles. The molecule has 0 bridgehead atoms. The van der Waals surface area contributed by atoms with E-state index in [1.54, 1.807) is 7.11 Å². The Bertz CT molecular complexity index is 143. The van der Waals surface area contributed by atoms with E-state index < -0.39 is 0 Å². The van der Waals surface area contributed by atoms with Crippen molar-refractivity contribution >= 4 is 0 Å². The lowest BCUT2D eigenvalue weighted by atomic mass is 10.0. The van der Waals surface area contributed by atoms with E-state index in [0.717, 1.165) is 18.8 Å². The van der Waals surface area contributed by atoms with Crippen LogP contribution in [0.5, 0.6) is 0 Å². The molecule has 0 heterocycles. The zero-order valence-electron chi connectivity index (χ0n) is 7.83. The standard InChI is InChI=1S/C10H19NO/c1-3-4-5-9(11)10(12-2)8-6-7-8/h3,8-10H,1,4-7,11H2,2H3. The highest BCUT2D eigenvalue weighted by molar-refractivity contribution is 4.89. The summed E-state index contributed by atoms with van der Waals surface area (Å²) < 4.78 is 5.37. The smallest absolute Gasteiger partial charge is 0.0750 e. The van der Waals surface area contributed by atoms with Crippen LogP contribution in [0.3, 0.4) is 0 Å². The second-order valence-corrected chi connectivity index (χ2v) is 3.57. The molecular weight excluding hydrogens is 150 g/mol. The molecule has 2 nitrogen and oxygen atoms in total. The van der Waals surface area contributed by atoms with Crippen LogP contribution in [0.4, 0.5) is 0 Å². The summed E-state index contributed by atoms with van der Waals surface area (Å²) in [4.78, 5) is 0. The number of methoxy groups -OCH3 is 1. The van der Waals surface area contributed by atoms with Gasteiger partial charge in [-0.2, -0.15) is 0 Å². The third-order valence-electron chi connectivity index (χ3n) is 2.48. The van der Waals surface area contributed by atoms with Gasteiger partial charge >= 0.3 is 0 Å². The average Bonchev–Trinajstić information content (AvgIpc) is 2.86. The molecular formula is C10H19NO. The molecule has 2 heteroatoms. The third kappa shape index (κ3) is 2.61. The van der Waals surface area contributed by atoms with Gasteiger partial charge in [-0.3, -0.25) is 0 Å². The zero-order chi connectivity index (χ0) is 8.97. The van der Waals surface area contributed by atoms with E-state index >= 15 is 0 Å². The first-order valence-electron chi connectivity index (χ1n) is 4.69. The van der Waals surface area contributed by atoms with Gasteiger partial charge in [0.1, 0.15) is 0 Å². The monoisotopic (exact) mass is 169 g/mol. The van der Waals surface area contributed by atoms with Crippen LogP contribution in [-0.4, -0.2) is 19.3 Å². The summed E-state index contributed by atoms with van der Waals surface area (Å²) in [5.41, 5.74) is 5.98. The molecule has 0 aromatic carbocycles. The van der Waals surface area contributed by atoms with Gasteiger partial charge in [-0.25, -0.2) is 0 Å². The van der Waals surface area contributed by atoms with E-state index in [-0.39, 0.29) is 12.1 Å². The summed E-state index contributed by atoms with van der Waals surface area (Å²) in [6.07, 6.45) is 6.77. The normalized spacial score (nSPS) is 21.8.